The highest BCUT2D eigenvalue weighted by Crippen LogP contribution is 2.24. The number of nitrogens with two attached hydrogens (primary N) is 1. The lowest BCUT2D eigenvalue weighted by atomic mass is 10.3. The van der Waals surface area contributed by atoms with Crippen molar-refractivity contribution in [3.63, 3.8) is 0 Å². The van der Waals surface area contributed by atoms with E-state index < -0.39 is 10.0 Å². The van der Waals surface area contributed by atoms with Gasteiger partial charge in [0.15, 0.2) is 5.82 Å². The molecule has 0 aliphatic carbocycles. The summed E-state index contributed by atoms with van der Waals surface area (Å²) in [6, 6.07) is 1.46. The van der Waals surface area contributed by atoms with Gasteiger partial charge in [-0.05, 0) is 18.6 Å². The van der Waals surface area contributed by atoms with Gasteiger partial charge in [-0.25, -0.2) is 23.5 Å². The van der Waals surface area contributed by atoms with Crippen LogP contribution in [0.4, 0.5) is 0 Å². The Morgan fingerprint density at radius 2 is 1.94 bits per heavy atom. The molecule has 0 fully saturated rings. The molecule has 0 radical (unpaired) electrons. The third kappa shape index (κ3) is 1.95. The summed E-state index contributed by atoms with van der Waals surface area (Å²) in [6.45, 7) is 1.83. The second kappa shape index (κ2) is 3.69. The van der Waals surface area contributed by atoms with Crippen molar-refractivity contribution in [3.8, 4) is 11.4 Å². The number of furan rings is 1. The van der Waals surface area contributed by atoms with Gasteiger partial charge in [-0.2, -0.15) is 0 Å². The zero-order valence-electron chi connectivity index (χ0n) is 8.41. The first-order valence-corrected chi connectivity index (χ1v) is 5.92. The van der Waals surface area contributed by atoms with Crippen LogP contribution in [0.5, 0.6) is 0 Å². The molecule has 2 N–H and O–H groups in total. The van der Waals surface area contributed by atoms with E-state index in [4.69, 9.17) is 9.56 Å². The Bertz CT molecular complexity index is 601. The first-order chi connectivity index (χ1) is 7.48. The van der Waals surface area contributed by atoms with Gasteiger partial charge < -0.3 is 4.42 Å². The molecule has 2 heterocycles. The van der Waals surface area contributed by atoms with E-state index in [0.717, 1.165) is 5.56 Å². The molecule has 0 bridgehead atoms. The van der Waals surface area contributed by atoms with Gasteiger partial charge in [0.05, 0.1) is 11.8 Å². The van der Waals surface area contributed by atoms with E-state index in [-0.39, 0.29) is 16.5 Å². The van der Waals surface area contributed by atoms with Crippen LogP contribution in [0, 0.1) is 6.92 Å². The van der Waals surface area contributed by atoms with E-state index in [1.54, 1.807) is 12.4 Å². The van der Waals surface area contributed by atoms with E-state index in [1.165, 1.54) is 12.3 Å². The highest BCUT2D eigenvalue weighted by atomic mass is 32.2. The average molecular weight is 239 g/mol. The predicted molar refractivity (Wildman–Crippen MR) is 55.8 cm³/mol. The molecule has 2 aromatic heterocycles. The van der Waals surface area contributed by atoms with Crippen LogP contribution in [0.25, 0.3) is 11.4 Å². The fraction of sp³-hybridized carbons (Fsp3) is 0.111. The van der Waals surface area contributed by atoms with Gasteiger partial charge in [-0.1, -0.05) is 0 Å². The Labute approximate surface area is 92.2 Å². The lowest BCUT2D eigenvalue weighted by Crippen LogP contribution is -2.12. The molecule has 0 aliphatic rings. The van der Waals surface area contributed by atoms with Crippen LogP contribution in [-0.2, 0) is 10.0 Å². The number of primary sulfonamides is 1. The van der Waals surface area contributed by atoms with Gasteiger partial charge >= 0.3 is 0 Å². The van der Waals surface area contributed by atoms with Gasteiger partial charge in [0, 0.05) is 12.4 Å². The predicted octanol–water partition coefficient (Wildman–Crippen LogP) is 0.692. The van der Waals surface area contributed by atoms with E-state index >= 15 is 0 Å². The Hall–Kier alpha value is -1.73. The van der Waals surface area contributed by atoms with Gasteiger partial charge in [0.25, 0.3) is 10.0 Å². The van der Waals surface area contributed by atoms with Crippen molar-refractivity contribution in [2.75, 3.05) is 0 Å². The molecule has 0 saturated heterocycles. The molecule has 84 valence electrons. The molecule has 2 rings (SSSR count). The molecule has 6 nitrogen and oxygen atoms in total. The molecular weight excluding hydrogens is 230 g/mol. The SMILES string of the molecule is Cc1cnc(-c2ccoc2S(N)(=O)=O)nc1. The molecule has 0 aliphatic heterocycles. The Kier molecular flexibility index (Phi) is 2.49. The first-order valence-electron chi connectivity index (χ1n) is 4.38. The number of hydrogen-bond acceptors (Lipinski definition) is 5. The average Bonchev–Trinajstić information content (AvgIpc) is 2.66. The minimum atomic E-state index is -3.90. The fourth-order valence-electron chi connectivity index (χ4n) is 1.21. The van der Waals surface area contributed by atoms with Crippen LogP contribution in [0.1, 0.15) is 5.56 Å². The number of nitrogens with zero attached hydrogens (tertiary/aromatic N) is 2. The third-order valence-corrected chi connectivity index (χ3v) is 2.74. The second-order valence-corrected chi connectivity index (χ2v) is 4.71. The maximum Gasteiger partial charge on any atom is 0.272 e. The van der Waals surface area contributed by atoms with Crippen LogP contribution in [0.2, 0.25) is 0 Å². The number of aromatic nitrogens is 2. The smallest absolute Gasteiger partial charge is 0.272 e. The summed E-state index contributed by atoms with van der Waals surface area (Å²) in [5.74, 6) is 0.267. The molecule has 2 aromatic rings. The summed E-state index contributed by atoms with van der Waals surface area (Å²) in [7, 11) is -3.90. The van der Waals surface area contributed by atoms with E-state index in [1.807, 2.05) is 6.92 Å². The summed E-state index contributed by atoms with van der Waals surface area (Å²) in [5.41, 5.74) is 1.15. The minimum Gasteiger partial charge on any atom is -0.451 e. The van der Waals surface area contributed by atoms with Crippen molar-refractivity contribution in [2.45, 2.75) is 12.0 Å². The van der Waals surface area contributed by atoms with Crippen LogP contribution in [0.3, 0.4) is 0 Å². The van der Waals surface area contributed by atoms with E-state index in [9.17, 15) is 8.42 Å². The summed E-state index contributed by atoms with van der Waals surface area (Å²) < 4.78 is 27.2. The normalized spacial score (nSPS) is 11.6. The minimum absolute atomic E-state index is 0.266. The maximum atomic E-state index is 11.2. The molecular formula is C9H9N3O3S. The lowest BCUT2D eigenvalue weighted by Gasteiger charge is -1.99. The first kappa shape index (κ1) is 10.8. The van der Waals surface area contributed by atoms with Gasteiger partial charge in [-0.3, -0.25) is 0 Å². The zero-order valence-corrected chi connectivity index (χ0v) is 9.23. The molecule has 0 unspecified atom stereocenters. The summed E-state index contributed by atoms with van der Waals surface area (Å²) in [5, 5.41) is 4.67. The molecule has 16 heavy (non-hydrogen) atoms. The molecule has 7 heteroatoms. The van der Waals surface area contributed by atoms with Crippen LogP contribution < -0.4 is 5.14 Å². The fourth-order valence-corrected chi connectivity index (χ4v) is 1.87. The summed E-state index contributed by atoms with van der Waals surface area (Å²) in [4.78, 5) is 8.01. The monoisotopic (exact) mass is 239 g/mol. The van der Waals surface area contributed by atoms with Crippen molar-refractivity contribution in [3.05, 3.63) is 30.3 Å². The highest BCUT2D eigenvalue weighted by molar-refractivity contribution is 7.89. The van der Waals surface area contributed by atoms with Crippen LogP contribution in [-0.4, -0.2) is 18.4 Å². The quantitative estimate of drug-likeness (QED) is 0.831. The number of rotatable bonds is 2. The van der Waals surface area contributed by atoms with Crippen molar-refractivity contribution < 1.29 is 12.8 Å². The molecule has 0 spiro atoms. The lowest BCUT2D eigenvalue weighted by molar-refractivity contribution is 0.452. The maximum absolute atomic E-state index is 11.2. The van der Waals surface area contributed by atoms with Gasteiger partial charge in [0.2, 0.25) is 5.09 Å². The third-order valence-electron chi connectivity index (χ3n) is 1.91. The largest absolute Gasteiger partial charge is 0.451 e. The van der Waals surface area contributed by atoms with Crippen LogP contribution >= 0.6 is 0 Å². The molecule has 0 saturated carbocycles. The number of hydrogen-bond donors (Lipinski definition) is 1. The molecule has 0 atom stereocenters. The van der Waals surface area contributed by atoms with Crippen LogP contribution in [0.15, 0.2) is 34.2 Å². The standard InChI is InChI=1S/C9H9N3O3S/c1-6-4-11-8(12-5-6)7-2-3-15-9(7)16(10,13)14/h2-5H,1H3,(H2,10,13,14). The highest BCUT2D eigenvalue weighted by Gasteiger charge is 2.20. The Morgan fingerprint density at radius 3 is 2.50 bits per heavy atom. The van der Waals surface area contributed by atoms with Gasteiger partial charge in [0.1, 0.15) is 0 Å². The molecule has 0 amide bonds. The Balaban J connectivity index is 2.58. The van der Waals surface area contributed by atoms with E-state index in [2.05, 4.69) is 9.97 Å². The van der Waals surface area contributed by atoms with Crippen molar-refractivity contribution in [1.29, 1.82) is 0 Å². The van der Waals surface area contributed by atoms with Crippen molar-refractivity contribution >= 4 is 10.0 Å². The van der Waals surface area contributed by atoms with Crippen molar-refractivity contribution in [1.82, 2.24) is 9.97 Å². The zero-order chi connectivity index (χ0) is 11.8. The van der Waals surface area contributed by atoms with Gasteiger partial charge in [-0.15, -0.1) is 0 Å². The number of sulfonamides is 1. The summed E-state index contributed by atoms with van der Waals surface area (Å²) >= 11 is 0. The molecule has 0 aromatic carbocycles. The summed E-state index contributed by atoms with van der Waals surface area (Å²) in [6.07, 6.45) is 4.41. The Morgan fingerprint density at radius 1 is 1.31 bits per heavy atom. The van der Waals surface area contributed by atoms with Crippen molar-refractivity contribution in [2.24, 2.45) is 5.14 Å². The van der Waals surface area contributed by atoms with E-state index in [0.29, 0.717) is 0 Å². The number of aryl methyl sites for hydroxylation is 1. The topological polar surface area (TPSA) is 99.1 Å². The second-order valence-electron chi connectivity index (χ2n) is 3.25.